The summed E-state index contributed by atoms with van der Waals surface area (Å²) < 4.78 is 14.8. The zero-order valence-electron chi connectivity index (χ0n) is 15.9. The van der Waals surface area contributed by atoms with Crippen LogP contribution in [0.2, 0.25) is 0 Å². The Kier molecular flexibility index (Phi) is 5.72. The molecule has 0 spiro atoms. The van der Waals surface area contributed by atoms with Crippen molar-refractivity contribution < 1.29 is 9.18 Å². The molecule has 0 radical (unpaired) electrons. The van der Waals surface area contributed by atoms with E-state index in [4.69, 9.17) is 0 Å². The molecule has 0 N–H and O–H groups in total. The van der Waals surface area contributed by atoms with Gasteiger partial charge in [0.05, 0.1) is 4.70 Å². The number of carbonyl (C=O) groups excluding carboxylic acids is 1. The third-order valence-electron chi connectivity index (χ3n) is 4.24. The topological polar surface area (TPSA) is 39.7 Å². The number of nitrogens with zero attached hydrogens (tertiary/aromatic N) is 4. The standard InChI is InChI=1S/C20H23FN4OS/c1-23(2)12-13-25(19(26)14-8-10-15(11-9-14)24(3)4)20-22-18-16(21)6-5-7-17(18)27-20/h5-11H,12-13H2,1-4H3. The normalized spacial score (nSPS) is 11.2. The monoisotopic (exact) mass is 386 g/mol. The summed E-state index contributed by atoms with van der Waals surface area (Å²) in [7, 11) is 7.81. The van der Waals surface area contributed by atoms with Crippen LogP contribution >= 0.6 is 11.3 Å². The summed E-state index contributed by atoms with van der Waals surface area (Å²) in [5.41, 5.74) is 1.91. The number of halogens is 1. The molecular formula is C20H23FN4OS. The van der Waals surface area contributed by atoms with Gasteiger partial charge in [0.25, 0.3) is 5.91 Å². The van der Waals surface area contributed by atoms with Crippen molar-refractivity contribution in [1.82, 2.24) is 9.88 Å². The minimum Gasteiger partial charge on any atom is -0.378 e. The molecule has 7 heteroatoms. The van der Waals surface area contributed by atoms with Crippen LogP contribution in [0.15, 0.2) is 42.5 Å². The number of rotatable bonds is 6. The first-order valence-electron chi connectivity index (χ1n) is 8.66. The Balaban J connectivity index is 1.96. The quantitative estimate of drug-likeness (QED) is 0.648. The second kappa shape index (κ2) is 8.02. The van der Waals surface area contributed by atoms with Gasteiger partial charge in [0, 0.05) is 38.4 Å². The second-order valence-corrected chi connectivity index (χ2v) is 7.79. The summed E-state index contributed by atoms with van der Waals surface area (Å²) in [5.74, 6) is -0.507. The first kappa shape index (κ1) is 19.3. The molecule has 0 saturated carbocycles. The maximum Gasteiger partial charge on any atom is 0.260 e. The highest BCUT2D eigenvalue weighted by atomic mass is 32.1. The number of fused-ring (bicyclic) bond motifs is 1. The predicted octanol–water partition coefficient (Wildman–Crippen LogP) is 3.71. The molecule has 0 bridgehead atoms. The number of likely N-dealkylation sites (N-methyl/N-ethyl adjacent to an activating group) is 1. The Labute approximate surface area is 162 Å². The third-order valence-corrected chi connectivity index (χ3v) is 5.28. The Hall–Kier alpha value is -2.51. The van der Waals surface area contributed by atoms with Crippen LogP contribution in [-0.4, -0.2) is 57.1 Å². The highest BCUT2D eigenvalue weighted by Crippen LogP contribution is 2.31. The van der Waals surface area contributed by atoms with Gasteiger partial charge in [-0.1, -0.05) is 17.4 Å². The fourth-order valence-corrected chi connectivity index (χ4v) is 3.67. The summed E-state index contributed by atoms with van der Waals surface area (Å²) in [4.78, 5) is 23.2. The van der Waals surface area contributed by atoms with Gasteiger partial charge in [-0.05, 0) is 50.5 Å². The zero-order chi connectivity index (χ0) is 19.6. The van der Waals surface area contributed by atoms with Crippen molar-refractivity contribution in [3.8, 4) is 0 Å². The van der Waals surface area contributed by atoms with E-state index in [0.717, 1.165) is 10.4 Å². The van der Waals surface area contributed by atoms with E-state index in [1.165, 1.54) is 17.4 Å². The molecular weight excluding hydrogens is 363 g/mol. The van der Waals surface area contributed by atoms with Gasteiger partial charge in [-0.2, -0.15) is 0 Å². The highest BCUT2D eigenvalue weighted by molar-refractivity contribution is 7.22. The van der Waals surface area contributed by atoms with Crippen LogP contribution in [0.3, 0.4) is 0 Å². The van der Waals surface area contributed by atoms with Crippen LogP contribution in [0, 0.1) is 5.82 Å². The Morgan fingerprint density at radius 3 is 2.33 bits per heavy atom. The minimum absolute atomic E-state index is 0.137. The summed E-state index contributed by atoms with van der Waals surface area (Å²) in [6.07, 6.45) is 0. The number of aromatic nitrogens is 1. The zero-order valence-corrected chi connectivity index (χ0v) is 16.8. The van der Waals surface area contributed by atoms with Crippen LogP contribution in [-0.2, 0) is 0 Å². The van der Waals surface area contributed by atoms with Crippen LogP contribution < -0.4 is 9.80 Å². The summed E-state index contributed by atoms with van der Waals surface area (Å²) in [6.45, 7) is 1.16. The van der Waals surface area contributed by atoms with E-state index in [-0.39, 0.29) is 11.7 Å². The molecule has 1 aromatic heterocycles. The average molecular weight is 386 g/mol. The number of benzene rings is 2. The number of para-hydroxylation sites is 1. The first-order chi connectivity index (χ1) is 12.9. The van der Waals surface area contributed by atoms with Crippen LogP contribution in [0.4, 0.5) is 15.2 Å². The van der Waals surface area contributed by atoms with Gasteiger partial charge in [-0.3, -0.25) is 9.69 Å². The van der Waals surface area contributed by atoms with E-state index in [9.17, 15) is 9.18 Å². The first-order valence-corrected chi connectivity index (χ1v) is 9.47. The number of anilines is 2. The van der Waals surface area contributed by atoms with Crippen molar-refractivity contribution in [2.75, 3.05) is 51.1 Å². The Morgan fingerprint density at radius 2 is 1.74 bits per heavy atom. The molecule has 0 aliphatic rings. The molecule has 27 heavy (non-hydrogen) atoms. The van der Waals surface area contributed by atoms with Gasteiger partial charge in [-0.15, -0.1) is 0 Å². The van der Waals surface area contributed by atoms with Crippen LogP contribution in [0.25, 0.3) is 10.2 Å². The lowest BCUT2D eigenvalue weighted by molar-refractivity contribution is 0.0985. The van der Waals surface area contributed by atoms with E-state index >= 15 is 0 Å². The minimum atomic E-state index is -0.370. The molecule has 0 atom stereocenters. The number of carbonyl (C=O) groups is 1. The highest BCUT2D eigenvalue weighted by Gasteiger charge is 2.22. The van der Waals surface area contributed by atoms with Crippen molar-refractivity contribution in [1.29, 1.82) is 0 Å². The molecule has 0 fully saturated rings. The van der Waals surface area contributed by atoms with Gasteiger partial charge < -0.3 is 9.80 Å². The average Bonchev–Trinajstić information content (AvgIpc) is 3.07. The van der Waals surface area contributed by atoms with E-state index in [0.29, 0.717) is 29.3 Å². The number of amides is 1. The number of hydrogen-bond donors (Lipinski definition) is 0. The molecule has 0 aliphatic heterocycles. The molecule has 142 valence electrons. The maximum absolute atomic E-state index is 14.0. The van der Waals surface area contributed by atoms with Crippen molar-refractivity contribution >= 4 is 38.3 Å². The summed E-state index contributed by atoms with van der Waals surface area (Å²) >= 11 is 1.33. The summed E-state index contributed by atoms with van der Waals surface area (Å²) in [6, 6.07) is 12.3. The van der Waals surface area contributed by atoms with Crippen molar-refractivity contribution in [3.05, 3.63) is 53.8 Å². The molecule has 0 unspecified atom stereocenters. The van der Waals surface area contributed by atoms with Crippen molar-refractivity contribution in [2.45, 2.75) is 0 Å². The fraction of sp³-hybridized carbons (Fsp3) is 0.300. The van der Waals surface area contributed by atoms with E-state index in [1.807, 2.05) is 68.3 Å². The molecule has 0 aliphatic carbocycles. The predicted molar refractivity (Wildman–Crippen MR) is 111 cm³/mol. The second-order valence-electron chi connectivity index (χ2n) is 6.78. The van der Waals surface area contributed by atoms with Crippen molar-refractivity contribution in [2.24, 2.45) is 0 Å². The molecule has 1 amide bonds. The van der Waals surface area contributed by atoms with E-state index < -0.39 is 0 Å². The maximum atomic E-state index is 14.0. The Bertz CT molecular complexity index is 937. The van der Waals surface area contributed by atoms with Crippen molar-refractivity contribution in [3.63, 3.8) is 0 Å². The van der Waals surface area contributed by atoms with E-state index in [2.05, 4.69) is 4.98 Å². The molecule has 0 saturated heterocycles. The fourth-order valence-electron chi connectivity index (χ4n) is 2.66. The van der Waals surface area contributed by atoms with Crippen LogP contribution in [0.5, 0.6) is 0 Å². The SMILES string of the molecule is CN(C)CCN(C(=O)c1ccc(N(C)C)cc1)c1nc2c(F)cccc2s1. The smallest absolute Gasteiger partial charge is 0.260 e. The summed E-state index contributed by atoms with van der Waals surface area (Å²) in [5, 5.41) is 0.513. The molecule has 2 aromatic carbocycles. The van der Waals surface area contributed by atoms with Gasteiger partial charge in [0.1, 0.15) is 11.3 Å². The van der Waals surface area contributed by atoms with Gasteiger partial charge in [0.15, 0.2) is 5.13 Å². The Morgan fingerprint density at radius 1 is 1.04 bits per heavy atom. The lowest BCUT2D eigenvalue weighted by Gasteiger charge is -2.22. The number of hydrogen-bond acceptors (Lipinski definition) is 5. The molecule has 3 aromatic rings. The largest absolute Gasteiger partial charge is 0.378 e. The van der Waals surface area contributed by atoms with Gasteiger partial charge in [-0.25, -0.2) is 9.37 Å². The number of thiazole rings is 1. The van der Waals surface area contributed by atoms with E-state index in [1.54, 1.807) is 11.0 Å². The third kappa shape index (κ3) is 4.26. The van der Waals surface area contributed by atoms with Gasteiger partial charge in [0.2, 0.25) is 0 Å². The lowest BCUT2D eigenvalue weighted by Crippen LogP contribution is -2.36. The van der Waals surface area contributed by atoms with Crippen LogP contribution in [0.1, 0.15) is 10.4 Å². The molecule has 1 heterocycles. The van der Waals surface area contributed by atoms with Gasteiger partial charge >= 0.3 is 0 Å². The molecule has 5 nitrogen and oxygen atoms in total. The lowest BCUT2D eigenvalue weighted by atomic mass is 10.1. The molecule has 3 rings (SSSR count).